The lowest BCUT2D eigenvalue weighted by Gasteiger charge is -2.29. The maximum Gasteiger partial charge on any atom is 0.263 e. The van der Waals surface area contributed by atoms with Crippen LogP contribution in [0.4, 0.5) is 17.3 Å². The molecule has 4 rings (SSSR count). The van der Waals surface area contributed by atoms with Crippen molar-refractivity contribution in [1.29, 1.82) is 0 Å². The zero-order valence-corrected chi connectivity index (χ0v) is 19.4. The molecule has 0 atom stereocenters. The third-order valence-electron chi connectivity index (χ3n) is 5.38. The molecule has 0 radical (unpaired) electrons. The number of aromatic nitrogens is 2. The molecule has 0 aromatic carbocycles. The molecule has 1 amide bonds. The van der Waals surface area contributed by atoms with Crippen molar-refractivity contribution in [3.63, 3.8) is 0 Å². The molecule has 7 nitrogen and oxygen atoms in total. The molecule has 4 heterocycles. The number of hydrogen-bond donors (Lipinski definition) is 2. The highest BCUT2D eigenvalue weighted by Crippen LogP contribution is 2.35. The van der Waals surface area contributed by atoms with Gasteiger partial charge >= 0.3 is 0 Å². The fourth-order valence-corrected chi connectivity index (χ4v) is 5.01. The average Bonchev–Trinajstić information content (AvgIpc) is 3.11. The van der Waals surface area contributed by atoms with Crippen LogP contribution >= 0.6 is 11.3 Å². The fourth-order valence-electron chi connectivity index (χ4n) is 3.81. The van der Waals surface area contributed by atoms with Crippen molar-refractivity contribution in [2.45, 2.75) is 20.3 Å². The van der Waals surface area contributed by atoms with Crippen LogP contribution in [-0.4, -0.2) is 61.0 Å². The van der Waals surface area contributed by atoms with E-state index in [0.717, 1.165) is 70.4 Å². The lowest BCUT2D eigenvalue weighted by molar-refractivity contribution is 0.0831. The summed E-state index contributed by atoms with van der Waals surface area (Å²) in [6.07, 6.45) is 4.62. The standard InChI is InChI=1S/C23H30N6OS/c1-15(2)11-18-17-12-21(26-14-19(17)31-22(18)23(30)28(3)4)27-20-6-5-16(13-25-20)29-9-7-24-8-10-29/h5-6,12-15,24H,7-11H2,1-4H3,(H,25,26,27). The first kappa shape index (κ1) is 21.5. The van der Waals surface area contributed by atoms with Crippen LogP contribution in [0.5, 0.6) is 0 Å². The molecule has 0 bridgehead atoms. The number of pyridine rings is 2. The summed E-state index contributed by atoms with van der Waals surface area (Å²) in [5.74, 6) is 2.00. The van der Waals surface area contributed by atoms with Crippen LogP contribution in [0, 0.1) is 5.92 Å². The van der Waals surface area contributed by atoms with Gasteiger partial charge in [0.1, 0.15) is 11.6 Å². The largest absolute Gasteiger partial charge is 0.368 e. The lowest BCUT2D eigenvalue weighted by Crippen LogP contribution is -2.43. The molecule has 2 N–H and O–H groups in total. The van der Waals surface area contributed by atoms with E-state index in [9.17, 15) is 4.79 Å². The summed E-state index contributed by atoms with van der Waals surface area (Å²) < 4.78 is 1.04. The summed E-state index contributed by atoms with van der Waals surface area (Å²) in [4.78, 5) is 26.7. The molecule has 1 aliphatic rings. The summed E-state index contributed by atoms with van der Waals surface area (Å²) in [6, 6.07) is 6.14. The van der Waals surface area contributed by atoms with E-state index >= 15 is 0 Å². The summed E-state index contributed by atoms with van der Waals surface area (Å²) in [5, 5.41) is 7.79. The van der Waals surface area contributed by atoms with Gasteiger partial charge < -0.3 is 20.4 Å². The number of nitrogens with one attached hydrogen (secondary N) is 2. The minimum Gasteiger partial charge on any atom is -0.368 e. The zero-order valence-electron chi connectivity index (χ0n) is 18.6. The lowest BCUT2D eigenvalue weighted by atomic mass is 10.00. The Morgan fingerprint density at radius 3 is 2.58 bits per heavy atom. The fraction of sp³-hybridized carbons (Fsp3) is 0.435. The Labute approximate surface area is 187 Å². The van der Waals surface area contributed by atoms with E-state index in [4.69, 9.17) is 0 Å². The van der Waals surface area contributed by atoms with Crippen molar-refractivity contribution < 1.29 is 4.79 Å². The van der Waals surface area contributed by atoms with E-state index in [1.807, 2.05) is 24.5 Å². The summed E-state index contributed by atoms with van der Waals surface area (Å²) in [6.45, 7) is 8.35. The molecular weight excluding hydrogens is 408 g/mol. The van der Waals surface area contributed by atoms with Crippen LogP contribution in [0.25, 0.3) is 10.1 Å². The molecule has 164 valence electrons. The van der Waals surface area contributed by atoms with Crippen LogP contribution < -0.4 is 15.5 Å². The third-order valence-corrected chi connectivity index (χ3v) is 6.55. The van der Waals surface area contributed by atoms with Gasteiger partial charge in [-0.25, -0.2) is 9.97 Å². The first-order valence-electron chi connectivity index (χ1n) is 10.7. The highest BCUT2D eigenvalue weighted by Gasteiger charge is 2.21. The van der Waals surface area contributed by atoms with Gasteiger partial charge in [-0.3, -0.25) is 4.79 Å². The summed E-state index contributed by atoms with van der Waals surface area (Å²) in [7, 11) is 3.60. The number of fused-ring (bicyclic) bond motifs is 1. The molecule has 0 spiro atoms. The molecule has 0 aliphatic carbocycles. The second-order valence-electron chi connectivity index (χ2n) is 8.54. The molecule has 0 saturated carbocycles. The van der Waals surface area contributed by atoms with Gasteiger partial charge in [-0.15, -0.1) is 11.3 Å². The van der Waals surface area contributed by atoms with E-state index in [1.54, 1.807) is 19.0 Å². The van der Waals surface area contributed by atoms with Crippen molar-refractivity contribution >= 4 is 44.7 Å². The predicted molar refractivity (Wildman–Crippen MR) is 129 cm³/mol. The zero-order chi connectivity index (χ0) is 22.0. The first-order valence-corrected chi connectivity index (χ1v) is 11.6. The highest BCUT2D eigenvalue weighted by molar-refractivity contribution is 7.21. The molecule has 0 unspecified atom stereocenters. The average molecular weight is 439 g/mol. The molecule has 31 heavy (non-hydrogen) atoms. The second kappa shape index (κ2) is 9.20. The number of thiophene rings is 1. The summed E-state index contributed by atoms with van der Waals surface area (Å²) >= 11 is 1.53. The molecule has 3 aromatic heterocycles. The Hall–Kier alpha value is -2.71. The van der Waals surface area contributed by atoms with Gasteiger partial charge in [0, 0.05) is 51.9 Å². The Bertz CT molecular complexity index is 1050. The predicted octanol–water partition coefficient (Wildman–Crippen LogP) is 3.74. The van der Waals surface area contributed by atoms with Crippen LogP contribution in [-0.2, 0) is 6.42 Å². The first-order chi connectivity index (χ1) is 14.9. The van der Waals surface area contributed by atoms with E-state index in [0.29, 0.717) is 5.92 Å². The molecule has 1 aliphatic heterocycles. The second-order valence-corrected chi connectivity index (χ2v) is 9.59. The van der Waals surface area contributed by atoms with Gasteiger partial charge in [0.25, 0.3) is 5.91 Å². The van der Waals surface area contributed by atoms with Gasteiger partial charge in [0.15, 0.2) is 0 Å². The number of amides is 1. The van der Waals surface area contributed by atoms with Gasteiger partial charge in [-0.05, 0) is 36.1 Å². The van der Waals surface area contributed by atoms with Crippen LogP contribution in [0.15, 0.2) is 30.6 Å². The summed E-state index contributed by atoms with van der Waals surface area (Å²) in [5.41, 5.74) is 2.25. The van der Waals surface area contributed by atoms with Crippen LogP contribution in [0.3, 0.4) is 0 Å². The number of hydrogen-bond acceptors (Lipinski definition) is 7. The molecule has 8 heteroatoms. The highest BCUT2D eigenvalue weighted by atomic mass is 32.1. The van der Waals surface area contributed by atoms with Gasteiger partial charge in [0.05, 0.1) is 21.5 Å². The van der Waals surface area contributed by atoms with Crippen LogP contribution in [0.2, 0.25) is 0 Å². The minimum absolute atomic E-state index is 0.0523. The Balaban J connectivity index is 1.60. The molecule has 1 saturated heterocycles. The Kier molecular flexibility index (Phi) is 6.38. The van der Waals surface area contributed by atoms with E-state index in [1.165, 1.54) is 11.3 Å². The normalized spacial score (nSPS) is 14.3. The smallest absolute Gasteiger partial charge is 0.263 e. The van der Waals surface area contributed by atoms with Crippen LogP contribution in [0.1, 0.15) is 29.1 Å². The van der Waals surface area contributed by atoms with Crippen molar-refractivity contribution in [3.8, 4) is 0 Å². The maximum atomic E-state index is 12.7. The van der Waals surface area contributed by atoms with E-state index < -0.39 is 0 Å². The van der Waals surface area contributed by atoms with Crippen molar-refractivity contribution in [1.82, 2.24) is 20.2 Å². The molecule has 1 fully saturated rings. The SMILES string of the molecule is CC(C)Cc1c(C(=O)N(C)C)sc2cnc(Nc3ccc(N4CCNCC4)cn3)cc12. The Morgan fingerprint density at radius 2 is 1.94 bits per heavy atom. The number of anilines is 3. The quantitative estimate of drug-likeness (QED) is 0.611. The Morgan fingerprint density at radius 1 is 1.19 bits per heavy atom. The van der Waals surface area contributed by atoms with Gasteiger partial charge in [-0.2, -0.15) is 0 Å². The molecule has 3 aromatic rings. The van der Waals surface area contributed by atoms with Crippen molar-refractivity contribution in [2.75, 3.05) is 50.5 Å². The van der Waals surface area contributed by atoms with Gasteiger partial charge in [-0.1, -0.05) is 13.8 Å². The molecular formula is C23H30N6OS. The number of piperazine rings is 1. The number of rotatable bonds is 6. The van der Waals surface area contributed by atoms with Crippen molar-refractivity contribution in [3.05, 3.63) is 41.0 Å². The van der Waals surface area contributed by atoms with Gasteiger partial charge in [0.2, 0.25) is 0 Å². The van der Waals surface area contributed by atoms with E-state index in [2.05, 4.69) is 45.4 Å². The number of nitrogens with zero attached hydrogens (tertiary/aromatic N) is 4. The number of carbonyl (C=O) groups is 1. The van der Waals surface area contributed by atoms with Crippen molar-refractivity contribution in [2.24, 2.45) is 5.92 Å². The number of carbonyl (C=O) groups excluding carboxylic acids is 1. The third kappa shape index (κ3) is 4.80. The maximum absolute atomic E-state index is 12.7. The topological polar surface area (TPSA) is 73.4 Å². The van der Waals surface area contributed by atoms with E-state index in [-0.39, 0.29) is 5.91 Å². The minimum atomic E-state index is 0.0523. The monoisotopic (exact) mass is 438 g/mol.